The van der Waals surface area contributed by atoms with Crippen LogP contribution < -0.4 is 68.9 Å². The van der Waals surface area contributed by atoms with E-state index in [1.165, 1.54) is 0 Å². The summed E-state index contributed by atoms with van der Waals surface area (Å²) in [6.45, 7) is -1.86. The van der Waals surface area contributed by atoms with Crippen molar-refractivity contribution in [3.05, 3.63) is 0 Å². The second-order valence-electron chi connectivity index (χ2n) is 3.34. The standard InChI is InChI=1S/C6H13O9P.2Na/c7-2-6(10)5(9)4(8)3(15-6)1-14-16(11,12)13;;/h3-5,7-10H,1-2H2,(H2,11,12,13);;/q;2*+1/p-2/i1+1,2+1,3+1,4+1,5+1,6+1;;. The molecule has 0 bridgehead atoms. The van der Waals surface area contributed by atoms with E-state index >= 15 is 0 Å². The van der Waals surface area contributed by atoms with Gasteiger partial charge in [-0.05, 0) is 0 Å². The third-order valence-electron chi connectivity index (χ3n) is 2.15. The molecule has 1 aliphatic rings. The van der Waals surface area contributed by atoms with Gasteiger partial charge in [-0.1, -0.05) is 0 Å². The van der Waals surface area contributed by atoms with Crippen molar-refractivity contribution in [2.45, 2.75) is 24.1 Å². The fraction of sp³-hybridized carbons (Fsp3) is 1.00. The molecule has 96 valence electrons. The summed E-state index contributed by atoms with van der Waals surface area (Å²) in [5.41, 5.74) is 0. The number of hydrogen-bond donors (Lipinski definition) is 4. The molecule has 0 aromatic heterocycles. The summed E-state index contributed by atoms with van der Waals surface area (Å²) in [6, 6.07) is 0. The first kappa shape index (κ1) is 22.2. The average Bonchev–Trinajstić information content (AvgIpc) is 2.40. The van der Waals surface area contributed by atoms with Crippen LogP contribution in [0.1, 0.15) is 0 Å². The summed E-state index contributed by atoms with van der Waals surface area (Å²) >= 11 is 0. The molecule has 1 heterocycles. The Morgan fingerprint density at radius 3 is 2.17 bits per heavy atom. The van der Waals surface area contributed by atoms with Gasteiger partial charge in [0.25, 0.3) is 0 Å². The van der Waals surface area contributed by atoms with Gasteiger partial charge in [0.05, 0.1) is 21.0 Å². The van der Waals surface area contributed by atoms with Crippen LogP contribution in [-0.2, 0) is 13.8 Å². The molecule has 0 aromatic rings. The van der Waals surface area contributed by atoms with Gasteiger partial charge in [0.1, 0.15) is 18.3 Å². The summed E-state index contributed by atoms with van der Waals surface area (Å²) in [5, 5.41) is 36.6. The molecule has 4 N–H and O–H groups in total. The Kier molecular flexibility index (Phi) is 10.3. The van der Waals surface area contributed by atoms with Crippen LogP contribution in [0.3, 0.4) is 0 Å². The Balaban J connectivity index is 0. The molecule has 1 aliphatic heterocycles. The number of aliphatic hydroxyl groups excluding tert-OH is 3. The number of rotatable bonds is 4. The first-order valence-electron chi connectivity index (χ1n) is 4.23. The smallest absolute Gasteiger partial charge is 0.790 e. The molecule has 0 radical (unpaired) electrons. The topological polar surface area (TPSA) is 163 Å². The van der Waals surface area contributed by atoms with Crippen LogP contribution in [0, 0.1) is 0 Å². The van der Waals surface area contributed by atoms with E-state index in [9.17, 15) is 29.7 Å². The molecule has 9 nitrogen and oxygen atoms in total. The van der Waals surface area contributed by atoms with Crippen molar-refractivity contribution in [1.82, 2.24) is 0 Å². The Bertz CT molecular complexity index is 299. The quantitative estimate of drug-likeness (QED) is 0.224. The largest absolute Gasteiger partial charge is 1.00 e. The molecular weight excluding hydrogens is 299 g/mol. The van der Waals surface area contributed by atoms with E-state index in [0.29, 0.717) is 0 Å². The van der Waals surface area contributed by atoms with Gasteiger partial charge in [0.2, 0.25) is 5.79 Å². The summed E-state index contributed by atoms with van der Waals surface area (Å²) in [7, 11) is -5.23. The van der Waals surface area contributed by atoms with Crippen molar-refractivity contribution in [3.8, 4) is 0 Å². The fourth-order valence-electron chi connectivity index (χ4n) is 1.30. The third-order valence-corrected chi connectivity index (χ3v) is 2.61. The van der Waals surface area contributed by atoms with Crippen LogP contribution >= 0.6 is 7.82 Å². The van der Waals surface area contributed by atoms with Crippen molar-refractivity contribution in [1.29, 1.82) is 0 Å². The minimum atomic E-state index is -5.23. The number of phosphoric ester groups is 1. The maximum atomic E-state index is 10.1. The summed E-state index contributed by atoms with van der Waals surface area (Å²) < 4.78 is 18.6. The molecule has 0 saturated carbocycles. The van der Waals surface area contributed by atoms with Crippen LogP contribution in [0.2, 0.25) is 0 Å². The Morgan fingerprint density at radius 1 is 1.33 bits per heavy atom. The van der Waals surface area contributed by atoms with E-state index in [2.05, 4.69) is 9.26 Å². The molecule has 1 saturated heterocycles. The van der Waals surface area contributed by atoms with Crippen molar-refractivity contribution < 1.29 is 103 Å². The minimum absolute atomic E-state index is 0. The average molecular weight is 310 g/mol. The zero-order valence-electron chi connectivity index (χ0n) is 9.92. The molecular formula is C6H11Na2O9P. The third kappa shape index (κ3) is 5.72. The van der Waals surface area contributed by atoms with Gasteiger partial charge >= 0.3 is 59.1 Å². The molecule has 12 heteroatoms. The van der Waals surface area contributed by atoms with Crippen LogP contribution in [0.4, 0.5) is 0 Å². The molecule has 0 aromatic carbocycles. The number of phosphoric acid groups is 1. The fourth-order valence-corrected chi connectivity index (χ4v) is 1.63. The predicted octanol–water partition coefficient (Wildman–Crippen LogP) is -10.4. The Morgan fingerprint density at radius 2 is 1.83 bits per heavy atom. The molecule has 0 amide bonds. The van der Waals surface area contributed by atoms with Crippen molar-refractivity contribution in [2.75, 3.05) is 13.2 Å². The van der Waals surface area contributed by atoms with Crippen molar-refractivity contribution >= 4 is 7.82 Å². The van der Waals surface area contributed by atoms with Gasteiger partial charge < -0.3 is 44.0 Å². The molecule has 4 atom stereocenters. The maximum absolute atomic E-state index is 10.1. The first-order chi connectivity index (χ1) is 7.19. The van der Waals surface area contributed by atoms with Gasteiger partial charge in [-0.25, -0.2) is 0 Å². The van der Waals surface area contributed by atoms with Crippen LogP contribution in [0.25, 0.3) is 0 Å². The van der Waals surface area contributed by atoms with Crippen LogP contribution in [0.15, 0.2) is 0 Å². The van der Waals surface area contributed by atoms with Crippen molar-refractivity contribution in [3.63, 3.8) is 0 Å². The minimum Gasteiger partial charge on any atom is -0.790 e. The molecule has 0 aliphatic carbocycles. The second kappa shape index (κ2) is 8.38. The van der Waals surface area contributed by atoms with E-state index in [0.717, 1.165) is 0 Å². The van der Waals surface area contributed by atoms with E-state index in [1.54, 1.807) is 0 Å². The normalized spacial score (nSPS) is 35.8. The second-order valence-corrected chi connectivity index (χ2v) is 4.49. The maximum Gasteiger partial charge on any atom is 1.00 e. The van der Waals surface area contributed by atoms with E-state index in [-0.39, 0.29) is 59.1 Å². The Hall–Kier alpha value is 1.91. The van der Waals surface area contributed by atoms with Crippen LogP contribution in [-0.4, -0.2) is 57.7 Å². The number of ether oxygens (including phenoxy) is 1. The summed E-state index contributed by atoms with van der Waals surface area (Å²) in [4.78, 5) is 20.3. The van der Waals surface area contributed by atoms with Gasteiger partial charge in [0.15, 0.2) is 0 Å². The first-order valence-corrected chi connectivity index (χ1v) is 5.69. The van der Waals surface area contributed by atoms with Gasteiger partial charge in [-0.15, -0.1) is 0 Å². The van der Waals surface area contributed by atoms with Crippen LogP contribution in [0.5, 0.6) is 0 Å². The zero-order chi connectivity index (χ0) is 12.6. The summed E-state index contributed by atoms with van der Waals surface area (Å²) in [5.74, 6) is -2.40. The SMILES string of the molecule is O=P([O-])([O-])O[13CH2][13CH]1O[13C](O)([13CH2]O)[13CH](O)[13CH]1O.[Na+].[Na+]. The van der Waals surface area contributed by atoms with Crippen molar-refractivity contribution in [2.24, 2.45) is 0 Å². The predicted molar refractivity (Wildman–Crippen MR) is 42.5 cm³/mol. The molecule has 1 rings (SSSR count). The molecule has 1 fully saturated rings. The molecule has 4 unspecified atom stereocenters. The monoisotopic (exact) mass is 310 g/mol. The Labute approximate surface area is 147 Å². The molecule has 18 heavy (non-hydrogen) atoms. The number of aliphatic hydroxyl groups is 4. The van der Waals surface area contributed by atoms with E-state index in [4.69, 9.17) is 5.11 Å². The zero-order valence-corrected chi connectivity index (χ0v) is 14.8. The molecule has 0 spiro atoms. The van der Waals surface area contributed by atoms with Gasteiger partial charge in [-0.2, -0.15) is 0 Å². The van der Waals surface area contributed by atoms with Gasteiger partial charge in [-0.3, -0.25) is 0 Å². The number of hydrogen-bond acceptors (Lipinski definition) is 9. The summed E-state index contributed by atoms with van der Waals surface area (Å²) in [6.07, 6.45) is -4.93. The van der Waals surface area contributed by atoms with E-state index < -0.39 is 45.1 Å². The van der Waals surface area contributed by atoms with E-state index in [1.807, 2.05) is 0 Å². The van der Waals surface area contributed by atoms with Gasteiger partial charge in [0, 0.05) is 0 Å².